The smallest absolute Gasteiger partial charge is 0.0490 e. The highest BCUT2D eigenvalue weighted by Crippen LogP contribution is 2.67. The molecule has 1 aromatic rings. The molecule has 0 radical (unpaired) electrons. The number of methoxy groups -OCH3 is 1. The Hall–Kier alpha value is -0.860. The number of rotatable bonds is 7. The van der Waals surface area contributed by atoms with Gasteiger partial charge >= 0.3 is 0 Å². The number of ether oxygens (including phenoxy) is 1. The summed E-state index contributed by atoms with van der Waals surface area (Å²) >= 11 is 0. The molecule has 9 atom stereocenters. The largest absolute Gasteiger partial charge is 0.384 e. The van der Waals surface area contributed by atoms with Crippen LogP contribution >= 0.6 is 0 Å². The van der Waals surface area contributed by atoms with E-state index in [1.54, 1.807) is 0 Å². The van der Waals surface area contributed by atoms with E-state index in [0.717, 1.165) is 48.7 Å². The van der Waals surface area contributed by atoms with Crippen LogP contribution in [-0.2, 0) is 11.3 Å². The Labute approximate surface area is 203 Å². The Balaban J connectivity index is 1.28. The van der Waals surface area contributed by atoms with Crippen molar-refractivity contribution in [3.8, 4) is 0 Å². The Morgan fingerprint density at radius 3 is 2.42 bits per heavy atom. The monoisotopic (exact) mass is 451 g/mol. The van der Waals surface area contributed by atoms with Crippen LogP contribution in [0.1, 0.15) is 90.5 Å². The lowest BCUT2D eigenvalue weighted by atomic mass is 9.45. The Bertz CT molecular complexity index is 778. The highest BCUT2D eigenvalue weighted by molar-refractivity contribution is 5.15. The average molecular weight is 452 g/mol. The molecular weight excluding hydrogens is 402 g/mol. The second-order valence-corrected chi connectivity index (χ2v) is 12.9. The number of hydrogen-bond acceptors (Lipinski definition) is 2. The van der Waals surface area contributed by atoms with Crippen molar-refractivity contribution in [2.75, 3.05) is 13.7 Å². The summed E-state index contributed by atoms with van der Waals surface area (Å²) in [7, 11) is 1.89. The molecule has 5 rings (SSSR count). The number of fused-ring (bicyclic) bond motifs is 5. The van der Waals surface area contributed by atoms with E-state index in [1.807, 2.05) is 7.11 Å². The molecule has 2 nitrogen and oxygen atoms in total. The molecule has 0 heterocycles. The minimum absolute atomic E-state index is 0.548. The maximum absolute atomic E-state index is 5.57. The lowest BCUT2D eigenvalue weighted by Crippen LogP contribution is -2.53. The first-order valence-corrected chi connectivity index (χ1v) is 14.2. The van der Waals surface area contributed by atoms with Crippen molar-refractivity contribution >= 4 is 0 Å². The van der Waals surface area contributed by atoms with Crippen LogP contribution in [0.15, 0.2) is 30.3 Å². The maximum atomic E-state index is 5.57. The minimum Gasteiger partial charge on any atom is -0.384 e. The zero-order valence-corrected chi connectivity index (χ0v) is 21.8. The van der Waals surface area contributed by atoms with Crippen LogP contribution in [0.5, 0.6) is 0 Å². The highest BCUT2D eigenvalue weighted by atomic mass is 16.5. The molecule has 1 N–H and O–H groups in total. The van der Waals surface area contributed by atoms with Crippen molar-refractivity contribution in [1.29, 1.82) is 0 Å². The van der Waals surface area contributed by atoms with Crippen LogP contribution < -0.4 is 5.32 Å². The molecule has 0 amide bonds. The second kappa shape index (κ2) is 9.65. The van der Waals surface area contributed by atoms with E-state index in [9.17, 15) is 0 Å². The summed E-state index contributed by atoms with van der Waals surface area (Å²) in [6.07, 6.45) is 14.4. The van der Waals surface area contributed by atoms with E-state index < -0.39 is 0 Å². The normalized spacial score (nSPS) is 43.4. The van der Waals surface area contributed by atoms with Crippen molar-refractivity contribution in [2.45, 2.75) is 97.6 Å². The fourth-order valence-corrected chi connectivity index (χ4v) is 9.92. The zero-order chi connectivity index (χ0) is 23.1. The van der Waals surface area contributed by atoms with Gasteiger partial charge in [0.15, 0.2) is 0 Å². The lowest BCUT2D eigenvalue weighted by molar-refractivity contribution is -0.110. The van der Waals surface area contributed by atoms with E-state index in [4.69, 9.17) is 4.74 Å². The van der Waals surface area contributed by atoms with Crippen LogP contribution in [0.25, 0.3) is 0 Å². The quantitative estimate of drug-likeness (QED) is 0.464. The van der Waals surface area contributed by atoms with Crippen LogP contribution in [-0.4, -0.2) is 19.8 Å². The third-order valence-electron chi connectivity index (χ3n) is 11.4. The topological polar surface area (TPSA) is 21.3 Å². The van der Waals surface area contributed by atoms with Crippen molar-refractivity contribution in [1.82, 2.24) is 5.32 Å². The van der Waals surface area contributed by atoms with Crippen LogP contribution in [0, 0.1) is 46.3 Å². The summed E-state index contributed by atoms with van der Waals surface area (Å²) < 4.78 is 5.57. The Kier molecular flexibility index (Phi) is 6.98. The molecule has 2 heteroatoms. The van der Waals surface area contributed by atoms with Gasteiger partial charge in [-0.05, 0) is 116 Å². The molecule has 0 bridgehead atoms. The van der Waals surface area contributed by atoms with Gasteiger partial charge < -0.3 is 10.1 Å². The van der Waals surface area contributed by atoms with E-state index >= 15 is 0 Å². The number of benzene rings is 1. The molecule has 0 spiro atoms. The summed E-state index contributed by atoms with van der Waals surface area (Å²) in [5.41, 5.74) is 2.55. The van der Waals surface area contributed by atoms with E-state index in [2.05, 4.69) is 56.4 Å². The first-order chi connectivity index (χ1) is 16.0. The fourth-order valence-electron chi connectivity index (χ4n) is 9.92. The molecule has 0 aliphatic heterocycles. The Morgan fingerprint density at radius 1 is 0.939 bits per heavy atom. The van der Waals surface area contributed by atoms with Crippen LogP contribution in [0.2, 0.25) is 0 Å². The van der Waals surface area contributed by atoms with Gasteiger partial charge in [0.25, 0.3) is 0 Å². The molecule has 184 valence electrons. The molecule has 4 fully saturated rings. The van der Waals surface area contributed by atoms with E-state index in [-0.39, 0.29) is 0 Å². The van der Waals surface area contributed by atoms with Gasteiger partial charge in [0.05, 0.1) is 0 Å². The van der Waals surface area contributed by atoms with Gasteiger partial charge in [0.1, 0.15) is 0 Å². The molecule has 4 aliphatic carbocycles. The fraction of sp³-hybridized carbons (Fsp3) is 0.806. The lowest BCUT2D eigenvalue weighted by Gasteiger charge is -2.60. The molecule has 0 saturated heterocycles. The molecule has 33 heavy (non-hydrogen) atoms. The van der Waals surface area contributed by atoms with Gasteiger partial charge in [-0.25, -0.2) is 0 Å². The predicted octanol–water partition coefficient (Wildman–Crippen LogP) is 7.48. The van der Waals surface area contributed by atoms with Gasteiger partial charge in [-0.1, -0.05) is 51.1 Å². The van der Waals surface area contributed by atoms with Crippen molar-refractivity contribution in [2.24, 2.45) is 46.3 Å². The van der Waals surface area contributed by atoms with Gasteiger partial charge in [-0.3, -0.25) is 0 Å². The standard InChI is InChI=1S/C31H49NO/c1-5-29(32-20-22-9-7-6-8-10-22)28-14-13-27-25-15-17-30(2)19-23(21-33-4)11-12-26(30)24(25)16-18-31(27,28)3/h6-10,23-29,32H,5,11-21H2,1-4H3. The minimum atomic E-state index is 0.548. The molecule has 1 aromatic carbocycles. The van der Waals surface area contributed by atoms with Gasteiger partial charge in [0, 0.05) is 26.3 Å². The van der Waals surface area contributed by atoms with Crippen LogP contribution in [0.4, 0.5) is 0 Å². The first kappa shape index (κ1) is 23.9. The van der Waals surface area contributed by atoms with Gasteiger partial charge in [-0.2, -0.15) is 0 Å². The van der Waals surface area contributed by atoms with Crippen molar-refractivity contribution < 1.29 is 4.74 Å². The Morgan fingerprint density at radius 2 is 1.67 bits per heavy atom. The average Bonchev–Trinajstić information content (AvgIpc) is 3.17. The summed E-state index contributed by atoms with van der Waals surface area (Å²) in [6, 6.07) is 11.7. The van der Waals surface area contributed by atoms with Gasteiger partial charge in [-0.15, -0.1) is 0 Å². The van der Waals surface area contributed by atoms with E-state index in [0.29, 0.717) is 16.9 Å². The molecular formula is C31H49NO. The van der Waals surface area contributed by atoms with Crippen molar-refractivity contribution in [3.63, 3.8) is 0 Å². The molecule has 9 unspecified atom stereocenters. The third-order valence-corrected chi connectivity index (χ3v) is 11.4. The highest BCUT2D eigenvalue weighted by Gasteiger charge is 2.59. The van der Waals surface area contributed by atoms with Crippen LogP contribution in [0.3, 0.4) is 0 Å². The zero-order valence-electron chi connectivity index (χ0n) is 21.8. The SMILES string of the molecule is CCC(NCc1ccccc1)C1CCC2C3CCC4(C)CC(COC)CCC4C3CCC12C. The number of nitrogens with one attached hydrogen (secondary N) is 1. The number of hydrogen-bond donors (Lipinski definition) is 1. The summed E-state index contributed by atoms with van der Waals surface area (Å²) in [4.78, 5) is 0. The molecule has 0 aromatic heterocycles. The second-order valence-electron chi connectivity index (χ2n) is 12.9. The summed E-state index contributed by atoms with van der Waals surface area (Å²) in [6.45, 7) is 9.78. The summed E-state index contributed by atoms with van der Waals surface area (Å²) in [5.74, 6) is 5.60. The third kappa shape index (κ3) is 4.33. The van der Waals surface area contributed by atoms with E-state index in [1.165, 1.54) is 69.8 Å². The molecule has 4 saturated carbocycles. The maximum Gasteiger partial charge on any atom is 0.0490 e. The summed E-state index contributed by atoms with van der Waals surface area (Å²) in [5, 5.41) is 4.01. The predicted molar refractivity (Wildman–Crippen MR) is 138 cm³/mol. The van der Waals surface area contributed by atoms with Gasteiger partial charge in [0.2, 0.25) is 0 Å². The first-order valence-electron chi connectivity index (χ1n) is 14.2. The molecule has 4 aliphatic rings. The van der Waals surface area contributed by atoms with Crippen molar-refractivity contribution in [3.05, 3.63) is 35.9 Å².